The van der Waals surface area contributed by atoms with E-state index in [9.17, 15) is 0 Å². The van der Waals surface area contributed by atoms with E-state index >= 15 is 0 Å². The molecular weight excluding hydrogens is 364 g/mol. The lowest BCUT2D eigenvalue weighted by Crippen LogP contribution is -2.02. The highest BCUT2D eigenvalue weighted by Crippen LogP contribution is 2.36. The monoisotopic (exact) mass is 384 g/mol. The van der Waals surface area contributed by atoms with Gasteiger partial charge in [-0.2, -0.15) is 0 Å². The van der Waals surface area contributed by atoms with Crippen LogP contribution in [-0.2, 0) is 13.0 Å². The van der Waals surface area contributed by atoms with E-state index in [0.717, 1.165) is 44.8 Å². The maximum Gasteiger partial charge on any atom is 0.231 e. The smallest absolute Gasteiger partial charge is 0.231 e. The molecule has 1 aliphatic heterocycles. The summed E-state index contributed by atoms with van der Waals surface area (Å²) in [6, 6.07) is 11.8. The fraction of sp³-hybridized carbons (Fsp3) is 0.250. The van der Waals surface area contributed by atoms with E-state index in [2.05, 4.69) is 5.32 Å². The van der Waals surface area contributed by atoms with E-state index in [4.69, 9.17) is 24.3 Å². The van der Waals surface area contributed by atoms with Gasteiger partial charge >= 0.3 is 0 Å². The molecule has 0 saturated heterocycles. The van der Waals surface area contributed by atoms with Crippen LogP contribution in [0.4, 0.5) is 5.69 Å². The van der Waals surface area contributed by atoms with Crippen molar-refractivity contribution in [3.63, 3.8) is 0 Å². The lowest BCUT2D eigenvalue weighted by molar-refractivity contribution is 0.174. The van der Waals surface area contributed by atoms with Gasteiger partial charge in [-0.15, -0.1) is 11.3 Å². The van der Waals surface area contributed by atoms with Crippen molar-refractivity contribution in [3.8, 4) is 27.8 Å². The Morgan fingerprint density at radius 1 is 1.19 bits per heavy atom. The molecule has 4 rings (SSSR count). The van der Waals surface area contributed by atoms with Crippen LogP contribution in [0.15, 0.2) is 41.8 Å². The van der Waals surface area contributed by atoms with Gasteiger partial charge in [0.15, 0.2) is 11.5 Å². The van der Waals surface area contributed by atoms with E-state index in [1.54, 1.807) is 18.4 Å². The fourth-order valence-electron chi connectivity index (χ4n) is 2.90. The highest BCUT2D eigenvalue weighted by atomic mass is 32.1. The summed E-state index contributed by atoms with van der Waals surface area (Å²) in [7, 11) is 1.64. The van der Waals surface area contributed by atoms with Gasteiger partial charge in [0.25, 0.3) is 0 Å². The average Bonchev–Trinajstić information content (AvgIpc) is 3.35. The maximum atomic E-state index is 9.07. The highest BCUT2D eigenvalue weighted by Gasteiger charge is 2.15. The van der Waals surface area contributed by atoms with Crippen molar-refractivity contribution in [1.29, 1.82) is 0 Å². The molecule has 0 aliphatic carbocycles. The molecule has 1 aromatic heterocycles. The first-order chi connectivity index (χ1) is 13.3. The number of rotatable bonds is 7. The van der Waals surface area contributed by atoms with Crippen molar-refractivity contribution >= 4 is 17.0 Å². The summed E-state index contributed by atoms with van der Waals surface area (Å²) < 4.78 is 16.2. The zero-order valence-electron chi connectivity index (χ0n) is 14.9. The minimum Gasteiger partial charge on any atom is -0.495 e. The Balaban J connectivity index is 1.45. The molecule has 0 saturated carbocycles. The number of hydrogen-bond acceptors (Lipinski definition) is 7. The molecule has 7 heteroatoms. The number of nitrogens with one attached hydrogen (secondary N) is 1. The summed E-state index contributed by atoms with van der Waals surface area (Å²) >= 11 is 1.60. The van der Waals surface area contributed by atoms with Crippen LogP contribution in [-0.4, -0.2) is 30.6 Å². The summed E-state index contributed by atoms with van der Waals surface area (Å²) in [5, 5.41) is 15.4. The summed E-state index contributed by atoms with van der Waals surface area (Å²) in [4.78, 5) is 4.71. The van der Waals surface area contributed by atoms with Crippen LogP contribution in [0.5, 0.6) is 17.2 Å². The van der Waals surface area contributed by atoms with Crippen LogP contribution >= 0.6 is 11.3 Å². The molecule has 0 unspecified atom stereocenters. The summed E-state index contributed by atoms with van der Waals surface area (Å²) in [6.07, 6.45) is 0.613. The van der Waals surface area contributed by atoms with Gasteiger partial charge in [-0.25, -0.2) is 4.98 Å². The van der Waals surface area contributed by atoms with Crippen LogP contribution in [0.3, 0.4) is 0 Å². The minimum atomic E-state index is 0.122. The number of aromatic nitrogens is 1. The van der Waals surface area contributed by atoms with Crippen molar-refractivity contribution < 1.29 is 19.3 Å². The second-order valence-corrected chi connectivity index (χ2v) is 6.93. The van der Waals surface area contributed by atoms with Gasteiger partial charge < -0.3 is 24.6 Å². The molecule has 0 bridgehead atoms. The van der Waals surface area contributed by atoms with Gasteiger partial charge in [0.05, 0.1) is 25.0 Å². The molecule has 0 spiro atoms. The molecular formula is C20H20N2O4S. The molecule has 3 aromatic rings. The molecule has 140 valence electrons. The molecule has 0 atom stereocenters. The van der Waals surface area contributed by atoms with E-state index < -0.39 is 0 Å². The lowest BCUT2D eigenvalue weighted by Gasteiger charge is -2.12. The Bertz CT molecular complexity index is 941. The van der Waals surface area contributed by atoms with E-state index in [1.165, 1.54) is 0 Å². The Morgan fingerprint density at radius 2 is 2.07 bits per heavy atom. The number of ether oxygens (including phenoxy) is 3. The Morgan fingerprint density at radius 3 is 2.93 bits per heavy atom. The predicted molar refractivity (Wildman–Crippen MR) is 105 cm³/mol. The Kier molecular flexibility index (Phi) is 5.13. The molecule has 6 nitrogen and oxygen atoms in total. The summed E-state index contributed by atoms with van der Waals surface area (Å²) in [5.41, 5.74) is 3.91. The zero-order chi connectivity index (χ0) is 18.6. The predicted octanol–water partition coefficient (Wildman–Crippen LogP) is 3.69. The van der Waals surface area contributed by atoms with Gasteiger partial charge in [-0.3, -0.25) is 0 Å². The normalized spacial score (nSPS) is 12.2. The molecule has 0 fully saturated rings. The number of fused-ring (bicyclic) bond motifs is 1. The molecule has 0 radical (unpaired) electrons. The third-order valence-electron chi connectivity index (χ3n) is 4.30. The average molecular weight is 384 g/mol. The zero-order valence-corrected chi connectivity index (χ0v) is 15.7. The number of methoxy groups -OCH3 is 1. The maximum absolute atomic E-state index is 9.07. The second kappa shape index (κ2) is 7.85. The van der Waals surface area contributed by atoms with Gasteiger partial charge in [-0.05, 0) is 42.3 Å². The third kappa shape index (κ3) is 3.84. The molecule has 1 aliphatic rings. The van der Waals surface area contributed by atoms with Crippen molar-refractivity contribution in [2.45, 2.75) is 13.0 Å². The van der Waals surface area contributed by atoms with Crippen molar-refractivity contribution in [3.05, 3.63) is 53.0 Å². The van der Waals surface area contributed by atoms with E-state index in [0.29, 0.717) is 13.0 Å². The van der Waals surface area contributed by atoms with Crippen molar-refractivity contribution in [1.82, 2.24) is 4.98 Å². The quantitative estimate of drug-likeness (QED) is 0.647. The first kappa shape index (κ1) is 17.6. The summed E-state index contributed by atoms with van der Waals surface area (Å²) in [6.45, 7) is 0.985. The van der Waals surface area contributed by atoms with Gasteiger partial charge in [-0.1, -0.05) is 6.07 Å². The molecule has 0 amide bonds. The second-order valence-electron chi connectivity index (χ2n) is 6.07. The Labute approximate surface area is 161 Å². The van der Waals surface area contributed by atoms with Crippen LogP contribution in [0, 0.1) is 0 Å². The fourth-order valence-corrected chi connectivity index (χ4v) is 3.72. The standard InChI is InChI=1S/C20H20N2O4S/c1-24-18-8-13(6-7-23)2-4-16(18)21-10-15-11-27-20(22-15)14-3-5-17-19(9-14)26-12-25-17/h2-5,8-9,11,21,23H,6-7,10,12H2,1H3. The number of aliphatic hydroxyl groups excluding tert-OH is 1. The van der Waals surface area contributed by atoms with Crippen molar-refractivity contribution in [2.75, 3.05) is 25.8 Å². The number of hydrogen-bond donors (Lipinski definition) is 2. The minimum absolute atomic E-state index is 0.122. The first-order valence-corrected chi connectivity index (χ1v) is 9.51. The number of nitrogens with zero attached hydrogens (tertiary/aromatic N) is 1. The number of thiazole rings is 1. The molecule has 2 N–H and O–H groups in total. The number of anilines is 1. The third-order valence-corrected chi connectivity index (χ3v) is 5.24. The Hall–Kier alpha value is -2.77. The van der Waals surface area contributed by atoms with E-state index in [1.807, 2.05) is 41.8 Å². The van der Waals surface area contributed by atoms with Gasteiger partial charge in [0.2, 0.25) is 6.79 Å². The first-order valence-electron chi connectivity index (χ1n) is 8.63. The number of aliphatic hydroxyl groups is 1. The topological polar surface area (TPSA) is 72.8 Å². The van der Waals surface area contributed by atoms with Gasteiger partial charge in [0, 0.05) is 17.6 Å². The summed E-state index contributed by atoms with van der Waals surface area (Å²) in [5.74, 6) is 2.29. The van der Waals surface area contributed by atoms with Crippen LogP contribution in [0.2, 0.25) is 0 Å². The highest BCUT2D eigenvalue weighted by molar-refractivity contribution is 7.13. The molecule has 2 heterocycles. The lowest BCUT2D eigenvalue weighted by atomic mass is 10.1. The van der Waals surface area contributed by atoms with Gasteiger partial charge in [0.1, 0.15) is 10.8 Å². The van der Waals surface area contributed by atoms with Crippen molar-refractivity contribution in [2.24, 2.45) is 0 Å². The van der Waals surface area contributed by atoms with Crippen LogP contribution in [0.25, 0.3) is 10.6 Å². The van der Waals surface area contributed by atoms with Crippen LogP contribution < -0.4 is 19.5 Å². The largest absolute Gasteiger partial charge is 0.495 e. The van der Waals surface area contributed by atoms with E-state index in [-0.39, 0.29) is 13.4 Å². The molecule has 2 aromatic carbocycles. The molecule has 27 heavy (non-hydrogen) atoms. The van der Waals surface area contributed by atoms with Crippen LogP contribution in [0.1, 0.15) is 11.3 Å². The number of benzene rings is 2. The SMILES string of the molecule is COc1cc(CCO)ccc1NCc1csc(-c2ccc3c(c2)OCO3)n1.